The zero-order valence-corrected chi connectivity index (χ0v) is 11.8. The van der Waals surface area contributed by atoms with Crippen molar-refractivity contribution in [2.75, 3.05) is 18.9 Å². The Bertz CT molecular complexity index is 640. The molecule has 2 aromatic rings. The van der Waals surface area contributed by atoms with E-state index in [0.717, 1.165) is 23.7 Å². The maximum atomic E-state index is 13.0. The molecule has 1 aromatic carbocycles. The third-order valence-electron chi connectivity index (χ3n) is 2.84. The van der Waals surface area contributed by atoms with Crippen LogP contribution in [0.25, 0.3) is 0 Å². The molecular weight excluding hydrogens is 278 g/mol. The number of nitrogens with zero attached hydrogens (tertiary/aromatic N) is 1. The molecule has 1 amide bonds. The van der Waals surface area contributed by atoms with E-state index in [1.54, 1.807) is 11.9 Å². The van der Waals surface area contributed by atoms with Crippen molar-refractivity contribution in [2.45, 2.75) is 13.5 Å². The van der Waals surface area contributed by atoms with Crippen molar-refractivity contribution in [3.63, 3.8) is 0 Å². The van der Waals surface area contributed by atoms with E-state index in [1.165, 1.54) is 6.07 Å². The van der Waals surface area contributed by atoms with E-state index in [1.807, 2.05) is 19.1 Å². The molecule has 2 rings (SSSR count). The van der Waals surface area contributed by atoms with Crippen molar-refractivity contribution in [3.8, 4) is 0 Å². The minimum absolute atomic E-state index is 0.110. The maximum Gasteiger partial charge on any atom is 0.238 e. The fourth-order valence-corrected chi connectivity index (χ4v) is 1.91. The first-order chi connectivity index (χ1) is 9.94. The predicted octanol–water partition coefficient (Wildman–Crippen LogP) is 2.94. The topological polar surface area (TPSA) is 45.5 Å². The van der Waals surface area contributed by atoms with Gasteiger partial charge in [0.25, 0.3) is 0 Å². The lowest BCUT2D eigenvalue weighted by molar-refractivity contribution is -0.117. The molecule has 0 aliphatic rings. The standard InChI is InChI=1S/C15H16F2N2O2/c1-10-3-5-12(21-10)8-19(2)9-15(20)18-11-4-6-13(16)14(17)7-11/h3-7H,8-9H2,1-2H3,(H,18,20). The molecule has 0 bridgehead atoms. The molecule has 0 saturated carbocycles. The first-order valence-corrected chi connectivity index (χ1v) is 6.43. The molecular formula is C15H16F2N2O2. The van der Waals surface area contributed by atoms with Gasteiger partial charge in [-0.2, -0.15) is 0 Å². The number of benzene rings is 1. The van der Waals surface area contributed by atoms with Gasteiger partial charge < -0.3 is 9.73 Å². The monoisotopic (exact) mass is 294 g/mol. The van der Waals surface area contributed by atoms with Crippen LogP contribution in [0.2, 0.25) is 0 Å². The van der Waals surface area contributed by atoms with Gasteiger partial charge in [-0.15, -0.1) is 0 Å². The molecule has 1 aromatic heterocycles. The molecule has 1 heterocycles. The van der Waals surface area contributed by atoms with Crippen LogP contribution in [-0.2, 0) is 11.3 Å². The minimum Gasteiger partial charge on any atom is -0.465 e. The highest BCUT2D eigenvalue weighted by molar-refractivity contribution is 5.92. The molecule has 21 heavy (non-hydrogen) atoms. The summed E-state index contributed by atoms with van der Waals surface area (Å²) in [7, 11) is 1.77. The zero-order chi connectivity index (χ0) is 15.4. The summed E-state index contributed by atoms with van der Waals surface area (Å²) in [6.45, 7) is 2.44. The number of amides is 1. The van der Waals surface area contributed by atoms with Crippen molar-refractivity contribution < 1.29 is 18.0 Å². The van der Waals surface area contributed by atoms with Crippen LogP contribution in [0, 0.1) is 18.6 Å². The first-order valence-electron chi connectivity index (χ1n) is 6.43. The van der Waals surface area contributed by atoms with E-state index in [0.29, 0.717) is 6.54 Å². The van der Waals surface area contributed by atoms with Crippen LogP contribution in [0.4, 0.5) is 14.5 Å². The van der Waals surface area contributed by atoms with Gasteiger partial charge in [0.1, 0.15) is 11.5 Å². The number of anilines is 1. The number of likely N-dealkylation sites (N-methyl/N-ethyl adjacent to an activating group) is 1. The van der Waals surface area contributed by atoms with Gasteiger partial charge in [0.15, 0.2) is 11.6 Å². The van der Waals surface area contributed by atoms with E-state index >= 15 is 0 Å². The van der Waals surface area contributed by atoms with Crippen molar-refractivity contribution in [2.24, 2.45) is 0 Å². The van der Waals surface area contributed by atoms with E-state index < -0.39 is 11.6 Å². The SMILES string of the molecule is Cc1ccc(CN(C)CC(=O)Nc2ccc(F)c(F)c2)o1. The van der Waals surface area contributed by atoms with Gasteiger partial charge >= 0.3 is 0 Å². The molecule has 0 saturated heterocycles. The number of halogens is 2. The summed E-state index contributed by atoms with van der Waals surface area (Å²) >= 11 is 0. The van der Waals surface area contributed by atoms with Crippen LogP contribution in [0.15, 0.2) is 34.7 Å². The normalized spacial score (nSPS) is 10.9. The Hall–Kier alpha value is -2.21. The number of carbonyl (C=O) groups excluding carboxylic acids is 1. The van der Waals surface area contributed by atoms with Gasteiger partial charge in [-0.3, -0.25) is 9.69 Å². The quantitative estimate of drug-likeness (QED) is 0.922. The Kier molecular flexibility index (Phi) is 4.70. The van der Waals surface area contributed by atoms with Gasteiger partial charge in [0.2, 0.25) is 5.91 Å². The maximum absolute atomic E-state index is 13.0. The van der Waals surface area contributed by atoms with Crippen molar-refractivity contribution >= 4 is 11.6 Å². The summed E-state index contributed by atoms with van der Waals surface area (Å²) in [6, 6.07) is 6.93. The van der Waals surface area contributed by atoms with Gasteiger partial charge in [-0.1, -0.05) is 0 Å². The first kappa shape index (κ1) is 15.2. The number of aryl methyl sites for hydroxylation is 1. The van der Waals surface area contributed by atoms with Gasteiger partial charge in [0, 0.05) is 11.8 Å². The molecule has 1 N–H and O–H groups in total. The van der Waals surface area contributed by atoms with Crippen molar-refractivity contribution in [1.29, 1.82) is 0 Å². The smallest absolute Gasteiger partial charge is 0.238 e. The van der Waals surface area contributed by atoms with Crippen molar-refractivity contribution in [3.05, 3.63) is 53.5 Å². The summed E-state index contributed by atoms with van der Waals surface area (Å²) in [4.78, 5) is 13.6. The molecule has 4 nitrogen and oxygen atoms in total. The molecule has 0 aliphatic heterocycles. The molecule has 112 valence electrons. The minimum atomic E-state index is -0.993. The van der Waals surface area contributed by atoms with Crippen LogP contribution in [0.1, 0.15) is 11.5 Å². The van der Waals surface area contributed by atoms with Crippen LogP contribution >= 0.6 is 0 Å². The molecule has 6 heteroatoms. The van der Waals surface area contributed by atoms with Crippen LogP contribution in [-0.4, -0.2) is 24.4 Å². The van der Waals surface area contributed by atoms with Crippen molar-refractivity contribution in [1.82, 2.24) is 4.90 Å². The largest absolute Gasteiger partial charge is 0.465 e. The number of hydrogen-bond acceptors (Lipinski definition) is 3. The third-order valence-corrected chi connectivity index (χ3v) is 2.84. The highest BCUT2D eigenvalue weighted by Gasteiger charge is 2.10. The average molecular weight is 294 g/mol. The Morgan fingerprint density at radius 3 is 2.62 bits per heavy atom. The predicted molar refractivity (Wildman–Crippen MR) is 74.8 cm³/mol. The molecule has 0 atom stereocenters. The second-order valence-corrected chi connectivity index (χ2v) is 4.86. The second kappa shape index (κ2) is 6.49. The van der Waals surface area contributed by atoms with Gasteiger partial charge in [-0.25, -0.2) is 8.78 Å². The number of rotatable bonds is 5. The summed E-state index contributed by atoms with van der Waals surface area (Å²) in [5, 5.41) is 2.51. The van der Waals surface area contributed by atoms with E-state index in [9.17, 15) is 13.6 Å². The zero-order valence-electron chi connectivity index (χ0n) is 11.8. The fourth-order valence-electron chi connectivity index (χ4n) is 1.91. The third kappa shape index (κ3) is 4.39. The number of hydrogen-bond donors (Lipinski definition) is 1. The Morgan fingerprint density at radius 2 is 2.00 bits per heavy atom. The molecule has 0 unspecified atom stereocenters. The molecule has 0 aliphatic carbocycles. The lowest BCUT2D eigenvalue weighted by atomic mass is 10.3. The van der Waals surface area contributed by atoms with Gasteiger partial charge in [0.05, 0.1) is 13.1 Å². The highest BCUT2D eigenvalue weighted by Crippen LogP contribution is 2.13. The Balaban J connectivity index is 1.87. The number of carbonyl (C=O) groups is 1. The number of furan rings is 1. The van der Waals surface area contributed by atoms with Gasteiger partial charge in [-0.05, 0) is 38.2 Å². The number of nitrogens with one attached hydrogen (secondary N) is 1. The Labute approximate surface area is 121 Å². The van der Waals surface area contributed by atoms with E-state index in [-0.39, 0.29) is 18.1 Å². The lowest BCUT2D eigenvalue weighted by Crippen LogP contribution is -2.29. The molecule has 0 radical (unpaired) electrons. The fraction of sp³-hybridized carbons (Fsp3) is 0.267. The molecule has 0 fully saturated rings. The van der Waals surface area contributed by atoms with Crippen LogP contribution < -0.4 is 5.32 Å². The Morgan fingerprint density at radius 1 is 1.24 bits per heavy atom. The summed E-state index contributed by atoms with van der Waals surface area (Å²) < 4.78 is 31.2. The average Bonchev–Trinajstić information content (AvgIpc) is 2.79. The van der Waals surface area contributed by atoms with E-state index in [2.05, 4.69) is 5.32 Å². The van der Waals surface area contributed by atoms with Crippen LogP contribution in [0.3, 0.4) is 0 Å². The summed E-state index contributed by atoms with van der Waals surface area (Å²) in [6.07, 6.45) is 0. The van der Waals surface area contributed by atoms with Crippen LogP contribution in [0.5, 0.6) is 0 Å². The second-order valence-electron chi connectivity index (χ2n) is 4.86. The highest BCUT2D eigenvalue weighted by atomic mass is 19.2. The summed E-state index contributed by atoms with van der Waals surface area (Å²) in [5.74, 6) is -0.683. The summed E-state index contributed by atoms with van der Waals surface area (Å²) in [5.41, 5.74) is 0.223. The lowest BCUT2D eigenvalue weighted by Gasteiger charge is -2.14. The van der Waals surface area contributed by atoms with E-state index in [4.69, 9.17) is 4.42 Å². The molecule has 0 spiro atoms.